The summed E-state index contributed by atoms with van der Waals surface area (Å²) in [6.45, 7) is 0.947. The molecule has 0 aliphatic carbocycles. The molecule has 106 valence electrons. The summed E-state index contributed by atoms with van der Waals surface area (Å²) in [5, 5.41) is 17.8. The molecule has 1 aliphatic heterocycles. The van der Waals surface area contributed by atoms with Crippen LogP contribution in [-0.4, -0.2) is 23.7 Å². The summed E-state index contributed by atoms with van der Waals surface area (Å²) < 4.78 is 0.792. The molecular formula is C15H17BrN2O2. The number of carboxylic acid groups (broad SMARTS) is 1. The van der Waals surface area contributed by atoms with Crippen molar-refractivity contribution >= 4 is 27.6 Å². The summed E-state index contributed by atoms with van der Waals surface area (Å²) in [5.74, 6) is -0.739. The highest BCUT2D eigenvalue weighted by Crippen LogP contribution is 2.30. The van der Waals surface area contributed by atoms with Gasteiger partial charge >= 0.3 is 5.97 Å². The van der Waals surface area contributed by atoms with Crippen LogP contribution in [0.15, 0.2) is 22.7 Å². The SMILES string of the molecule is N#Cc1ccc(N2CCCCC2CCC(=O)O)cc1Br. The predicted octanol–water partition coefficient (Wildman–Crippen LogP) is 3.54. The summed E-state index contributed by atoms with van der Waals surface area (Å²) in [6, 6.07) is 8.12. The van der Waals surface area contributed by atoms with Gasteiger partial charge in [0.1, 0.15) is 6.07 Å². The molecule has 20 heavy (non-hydrogen) atoms. The molecule has 1 aliphatic rings. The van der Waals surface area contributed by atoms with Crippen LogP contribution >= 0.6 is 15.9 Å². The molecule has 0 saturated carbocycles. The van der Waals surface area contributed by atoms with E-state index < -0.39 is 5.97 Å². The van der Waals surface area contributed by atoms with Gasteiger partial charge in [0, 0.05) is 29.2 Å². The molecule has 0 bridgehead atoms. The first kappa shape index (κ1) is 14.9. The Morgan fingerprint density at radius 3 is 2.95 bits per heavy atom. The van der Waals surface area contributed by atoms with Crippen LogP contribution in [0.25, 0.3) is 0 Å². The zero-order valence-corrected chi connectivity index (χ0v) is 12.8. The smallest absolute Gasteiger partial charge is 0.303 e. The van der Waals surface area contributed by atoms with Gasteiger partial charge in [-0.1, -0.05) is 0 Å². The second-order valence-corrected chi connectivity index (χ2v) is 5.91. The van der Waals surface area contributed by atoms with Crippen LogP contribution in [0.1, 0.15) is 37.7 Å². The molecule has 4 nitrogen and oxygen atoms in total. The van der Waals surface area contributed by atoms with E-state index in [0.29, 0.717) is 12.0 Å². The van der Waals surface area contributed by atoms with E-state index in [0.717, 1.165) is 36.0 Å². The molecule has 1 aromatic carbocycles. The van der Waals surface area contributed by atoms with E-state index in [4.69, 9.17) is 10.4 Å². The van der Waals surface area contributed by atoms with Crippen LogP contribution in [0, 0.1) is 11.3 Å². The van der Waals surface area contributed by atoms with Crippen molar-refractivity contribution in [3.8, 4) is 6.07 Å². The van der Waals surface area contributed by atoms with Gasteiger partial charge < -0.3 is 10.0 Å². The Labute approximate surface area is 127 Å². The van der Waals surface area contributed by atoms with E-state index in [1.54, 1.807) is 0 Å². The maximum absolute atomic E-state index is 10.8. The van der Waals surface area contributed by atoms with Crippen molar-refractivity contribution in [2.45, 2.75) is 38.1 Å². The van der Waals surface area contributed by atoms with Crippen molar-refractivity contribution in [2.24, 2.45) is 0 Å². The minimum atomic E-state index is -0.739. The molecule has 1 aromatic rings. The molecule has 1 saturated heterocycles. The van der Waals surface area contributed by atoms with E-state index in [2.05, 4.69) is 26.9 Å². The Kier molecular flexibility index (Phi) is 5.02. The number of aliphatic carboxylic acids is 1. The lowest BCUT2D eigenvalue weighted by Crippen LogP contribution is -2.39. The molecule has 1 unspecified atom stereocenters. The number of benzene rings is 1. The van der Waals surface area contributed by atoms with Gasteiger partial charge in [-0.15, -0.1) is 0 Å². The fourth-order valence-electron chi connectivity index (χ4n) is 2.70. The molecule has 0 aromatic heterocycles. The Hall–Kier alpha value is -1.54. The third-order valence-electron chi connectivity index (χ3n) is 3.72. The molecule has 0 amide bonds. The van der Waals surface area contributed by atoms with Gasteiger partial charge in [-0.3, -0.25) is 4.79 Å². The monoisotopic (exact) mass is 336 g/mol. The van der Waals surface area contributed by atoms with Crippen LogP contribution < -0.4 is 4.90 Å². The van der Waals surface area contributed by atoms with Gasteiger partial charge in [0.05, 0.1) is 5.56 Å². The first-order valence-corrected chi connectivity index (χ1v) is 7.59. The average molecular weight is 337 g/mol. The third-order valence-corrected chi connectivity index (χ3v) is 4.38. The van der Waals surface area contributed by atoms with Gasteiger partial charge in [0.25, 0.3) is 0 Å². The highest BCUT2D eigenvalue weighted by molar-refractivity contribution is 9.10. The minimum absolute atomic E-state index is 0.207. The van der Waals surface area contributed by atoms with Gasteiger partial charge in [-0.25, -0.2) is 0 Å². The average Bonchev–Trinajstić information content (AvgIpc) is 2.45. The van der Waals surface area contributed by atoms with Crippen molar-refractivity contribution < 1.29 is 9.90 Å². The number of hydrogen-bond donors (Lipinski definition) is 1. The molecule has 1 atom stereocenters. The molecule has 1 N–H and O–H groups in total. The lowest BCUT2D eigenvalue weighted by Gasteiger charge is -2.37. The summed E-state index contributed by atoms with van der Waals surface area (Å²) in [7, 11) is 0. The second-order valence-electron chi connectivity index (χ2n) is 5.05. The summed E-state index contributed by atoms with van der Waals surface area (Å²) in [6.07, 6.45) is 4.19. The van der Waals surface area contributed by atoms with Crippen molar-refractivity contribution in [1.29, 1.82) is 5.26 Å². The number of anilines is 1. The number of carbonyl (C=O) groups is 1. The third kappa shape index (κ3) is 3.51. The maximum atomic E-state index is 10.8. The highest BCUT2D eigenvalue weighted by atomic mass is 79.9. The van der Waals surface area contributed by atoms with Crippen LogP contribution in [-0.2, 0) is 4.79 Å². The van der Waals surface area contributed by atoms with Crippen molar-refractivity contribution in [2.75, 3.05) is 11.4 Å². The molecule has 5 heteroatoms. The Balaban J connectivity index is 2.17. The number of piperidine rings is 1. The Morgan fingerprint density at radius 2 is 2.30 bits per heavy atom. The first-order valence-electron chi connectivity index (χ1n) is 6.80. The Bertz CT molecular complexity index is 539. The summed E-state index contributed by atoms with van der Waals surface area (Å²) in [5.41, 5.74) is 1.68. The van der Waals surface area contributed by atoms with E-state index in [1.165, 1.54) is 0 Å². The zero-order valence-electron chi connectivity index (χ0n) is 11.2. The number of rotatable bonds is 4. The zero-order chi connectivity index (χ0) is 14.5. The van der Waals surface area contributed by atoms with Crippen molar-refractivity contribution in [3.05, 3.63) is 28.2 Å². The molecule has 1 heterocycles. The van der Waals surface area contributed by atoms with Gasteiger partial charge in [0.15, 0.2) is 0 Å². The van der Waals surface area contributed by atoms with Crippen LogP contribution in [0.4, 0.5) is 5.69 Å². The van der Waals surface area contributed by atoms with E-state index in [9.17, 15) is 4.79 Å². The van der Waals surface area contributed by atoms with Crippen LogP contribution in [0.2, 0.25) is 0 Å². The maximum Gasteiger partial charge on any atom is 0.303 e. The lowest BCUT2D eigenvalue weighted by atomic mass is 9.97. The molecule has 1 fully saturated rings. The largest absolute Gasteiger partial charge is 0.481 e. The van der Waals surface area contributed by atoms with E-state index in [1.807, 2.05) is 18.2 Å². The number of halogens is 1. The summed E-state index contributed by atoms with van der Waals surface area (Å²) >= 11 is 3.41. The molecule has 0 radical (unpaired) electrons. The predicted molar refractivity (Wildman–Crippen MR) is 80.7 cm³/mol. The topological polar surface area (TPSA) is 64.3 Å². The minimum Gasteiger partial charge on any atom is -0.481 e. The number of nitrogens with zero attached hydrogens (tertiary/aromatic N) is 2. The fraction of sp³-hybridized carbons (Fsp3) is 0.467. The number of nitriles is 1. The van der Waals surface area contributed by atoms with E-state index >= 15 is 0 Å². The van der Waals surface area contributed by atoms with Gasteiger partial charge in [0.2, 0.25) is 0 Å². The Morgan fingerprint density at radius 1 is 1.50 bits per heavy atom. The van der Waals surface area contributed by atoms with E-state index in [-0.39, 0.29) is 12.5 Å². The van der Waals surface area contributed by atoms with Gasteiger partial charge in [-0.2, -0.15) is 5.26 Å². The number of hydrogen-bond acceptors (Lipinski definition) is 3. The van der Waals surface area contributed by atoms with Crippen LogP contribution in [0.5, 0.6) is 0 Å². The first-order chi connectivity index (χ1) is 9.61. The second kappa shape index (κ2) is 6.76. The van der Waals surface area contributed by atoms with Crippen LogP contribution in [0.3, 0.4) is 0 Å². The van der Waals surface area contributed by atoms with Gasteiger partial charge in [-0.05, 0) is 59.8 Å². The standard InChI is InChI=1S/C15H17BrN2O2/c16-14-9-13(5-4-11(14)10-17)18-8-2-1-3-12(18)6-7-15(19)20/h4-5,9,12H,1-3,6-8H2,(H,19,20). The number of carboxylic acids is 1. The fourth-order valence-corrected chi connectivity index (χ4v) is 3.16. The summed E-state index contributed by atoms with van der Waals surface area (Å²) in [4.78, 5) is 13.0. The van der Waals surface area contributed by atoms with Crippen molar-refractivity contribution in [1.82, 2.24) is 0 Å². The molecular weight excluding hydrogens is 320 g/mol. The van der Waals surface area contributed by atoms with Crippen molar-refractivity contribution in [3.63, 3.8) is 0 Å². The molecule has 0 spiro atoms. The highest BCUT2D eigenvalue weighted by Gasteiger charge is 2.23. The molecule has 2 rings (SSSR count). The quantitative estimate of drug-likeness (QED) is 0.913. The normalized spacial score (nSPS) is 18.6. The lowest BCUT2D eigenvalue weighted by molar-refractivity contribution is -0.137.